The molecule has 15 heavy (non-hydrogen) atoms. The van der Waals surface area contributed by atoms with E-state index >= 15 is 0 Å². The van der Waals surface area contributed by atoms with Crippen molar-refractivity contribution in [1.82, 2.24) is 0 Å². The molecule has 1 rings (SSSR count). The number of aliphatic imine (C=N–C) groups is 1. The number of hydrogen-bond donors (Lipinski definition) is 0. The van der Waals surface area contributed by atoms with Crippen molar-refractivity contribution in [1.29, 1.82) is 0 Å². The Morgan fingerprint density at radius 2 is 2.07 bits per heavy atom. The predicted octanol–water partition coefficient (Wildman–Crippen LogP) is 4.51. The molecule has 0 radical (unpaired) electrons. The van der Waals surface area contributed by atoms with Gasteiger partial charge in [-0.15, -0.1) is 0 Å². The molecule has 0 aromatic carbocycles. The third-order valence-electron chi connectivity index (χ3n) is 3.15. The van der Waals surface area contributed by atoms with Gasteiger partial charge in [-0.1, -0.05) is 39.3 Å². The lowest BCUT2D eigenvalue weighted by Crippen LogP contribution is -2.01. The highest BCUT2D eigenvalue weighted by atomic mass is 14.7. The lowest BCUT2D eigenvalue weighted by Gasteiger charge is -2.14. The van der Waals surface area contributed by atoms with Gasteiger partial charge in [0.2, 0.25) is 0 Å². The van der Waals surface area contributed by atoms with E-state index < -0.39 is 0 Å². The zero-order valence-corrected chi connectivity index (χ0v) is 10.1. The molecule has 1 fully saturated rings. The smallest absolute Gasteiger partial charge is 0.0301 e. The minimum absolute atomic E-state index is 0.444. The van der Waals surface area contributed by atoms with Crippen molar-refractivity contribution >= 4 is 6.21 Å². The summed E-state index contributed by atoms with van der Waals surface area (Å²) in [6.45, 7) is 8.33. The molecule has 0 aromatic rings. The van der Waals surface area contributed by atoms with Gasteiger partial charge in [0, 0.05) is 12.4 Å². The van der Waals surface area contributed by atoms with Crippen molar-refractivity contribution in [2.24, 2.45) is 10.4 Å². The van der Waals surface area contributed by atoms with E-state index in [4.69, 9.17) is 0 Å². The molecule has 1 heteroatoms. The van der Waals surface area contributed by atoms with E-state index in [9.17, 15) is 0 Å². The average molecular weight is 205 g/mol. The minimum atomic E-state index is 0.444. The number of rotatable bonds is 7. The van der Waals surface area contributed by atoms with Crippen molar-refractivity contribution in [3.05, 3.63) is 24.4 Å². The molecule has 1 nitrogen and oxygen atoms in total. The topological polar surface area (TPSA) is 12.4 Å². The van der Waals surface area contributed by atoms with Crippen LogP contribution in [-0.2, 0) is 0 Å². The summed E-state index contributed by atoms with van der Waals surface area (Å²) in [5.41, 5.74) is 1.79. The Kier molecular flexibility index (Phi) is 4.80. The molecule has 0 saturated heterocycles. The van der Waals surface area contributed by atoms with Gasteiger partial charge in [0.25, 0.3) is 0 Å². The molecule has 84 valence electrons. The summed E-state index contributed by atoms with van der Waals surface area (Å²) in [5, 5.41) is 0. The van der Waals surface area contributed by atoms with Crippen LogP contribution in [0.15, 0.2) is 29.4 Å². The molecule has 1 aliphatic rings. The first-order chi connectivity index (χ1) is 7.29. The molecule has 0 N–H and O–H groups in total. The van der Waals surface area contributed by atoms with E-state index in [0.29, 0.717) is 5.41 Å². The average Bonchev–Trinajstić information content (AvgIpc) is 2.99. The summed E-state index contributed by atoms with van der Waals surface area (Å²) in [7, 11) is 0. The van der Waals surface area contributed by atoms with Gasteiger partial charge in [0.1, 0.15) is 0 Å². The van der Waals surface area contributed by atoms with Crippen LogP contribution in [0, 0.1) is 5.41 Å². The first-order valence-corrected chi connectivity index (χ1v) is 6.14. The van der Waals surface area contributed by atoms with Gasteiger partial charge in [-0.2, -0.15) is 0 Å². The SMILES string of the molecule is C=C/C(=C\N=CCCC)C1(CCC)CC1. The Labute approximate surface area is 94.0 Å². The van der Waals surface area contributed by atoms with Crippen LogP contribution in [-0.4, -0.2) is 6.21 Å². The second-order valence-electron chi connectivity index (χ2n) is 4.44. The highest BCUT2D eigenvalue weighted by molar-refractivity contribution is 5.58. The van der Waals surface area contributed by atoms with Crippen LogP contribution in [0.25, 0.3) is 0 Å². The first kappa shape index (κ1) is 12.2. The van der Waals surface area contributed by atoms with E-state index in [1.165, 1.54) is 37.7 Å². The quantitative estimate of drug-likeness (QED) is 0.428. The number of nitrogens with zero attached hydrogens (tertiary/aromatic N) is 1. The van der Waals surface area contributed by atoms with E-state index in [-0.39, 0.29) is 0 Å². The van der Waals surface area contributed by atoms with E-state index in [0.717, 1.165) is 6.42 Å². The largest absolute Gasteiger partial charge is 0.269 e. The number of allylic oxidation sites excluding steroid dienone is 2. The van der Waals surface area contributed by atoms with Crippen LogP contribution in [0.5, 0.6) is 0 Å². The molecular weight excluding hydrogens is 182 g/mol. The predicted molar refractivity (Wildman–Crippen MR) is 68.3 cm³/mol. The molecule has 0 atom stereocenters. The number of unbranched alkanes of at least 4 members (excludes halogenated alkanes) is 1. The third kappa shape index (κ3) is 3.33. The lowest BCUT2D eigenvalue weighted by atomic mass is 9.91. The van der Waals surface area contributed by atoms with E-state index in [2.05, 4.69) is 25.4 Å². The van der Waals surface area contributed by atoms with Gasteiger partial charge in [-0.05, 0) is 36.7 Å². The van der Waals surface area contributed by atoms with E-state index in [1.54, 1.807) is 0 Å². The van der Waals surface area contributed by atoms with E-state index in [1.807, 2.05) is 18.5 Å². The van der Waals surface area contributed by atoms with Gasteiger partial charge >= 0.3 is 0 Å². The van der Waals surface area contributed by atoms with Crippen LogP contribution >= 0.6 is 0 Å². The maximum atomic E-state index is 4.36. The Hall–Kier alpha value is -0.850. The monoisotopic (exact) mass is 205 g/mol. The third-order valence-corrected chi connectivity index (χ3v) is 3.15. The normalized spacial score (nSPS) is 19.5. The second-order valence-corrected chi connectivity index (χ2v) is 4.44. The van der Waals surface area contributed by atoms with Crippen molar-refractivity contribution in [2.45, 2.75) is 52.4 Å². The Bertz CT molecular complexity index is 257. The first-order valence-electron chi connectivity index (χ1n) is 6.14. The maximum Gasteiger partial charge on any atom is 0.0301 e. The van der Waals surface area contributed by atoms with Crippen LogP contribution in [0.2, 0.25) is 0 Å². The molecule has 0 heterocycles. The lowest BCUT2D eigenvalue weighted by molar-refractivity contribution is 0.549. The summed E-state index contributed by atoms with van der Waals surface area (Å²) in [4.78, 5) is 4.36. The summed E-state index contributed by atoms with van der Waals surface area (Å²) < 4.78 is 0. The zero-order valence-electron chi connectivity index (χ0n) is 10.1. The molecule has 0 unspecified atom stereocenters. The van der Waals surface area contributed by atoms with Gasteiger partial charge < -0.3 is 0 Å². The maximum absolute atomic E-state index is 4.36. The standard InChI is InChI=1S/C14H23N/c1-4-7-11-15-12-13(6-3)14(8-5-2)9-10-14/h6,11-12H,3-5,7-10H2,1-2H3/b13-12+,15-11?. The van der Waals surface area contributed by atoms with Crippen LogP contribution in [0.3, 0.4) is 0 Å². The number of hydrogen-bond acceptors (Lipinski definition) is 1. The summed E-state index contributed by atoms with van der Waals surface area (Å²) in [5.74, 6) is 0. The highest BCUT2D eigenvalue weighted by Crippen LogP contribution is 2.55. The summed E-state index contributed by atoms with van der Waals surface area (Å²) in [6.07, 6.45) is 13.4. The fourth-order valence-corrected chi connectivity index (χ4v) is 2.06. The zero-order chi connectivity index (χ0) is 11.1. The van der Waals surface area contributed by atoms with Gasteiger partial charge in [0.15, 0.2) is 0 Å². The minimum Gasteiger partial charge on any atom is -0.269 e. The van der Waals surface area contributed by atoms with Crippen LogP contribution < -0.4 is 0 Å². The highest BCUT2D eigenvalue weighted by Gasteiger charge is 2.43. The Balaban J connectivity index is 2.58. The molecule has 1 aliphatic carbocycles. The van der Waals surface area contributed by atoms with Crippen LogP contribution in [0.1, 0.15) is 52.4 Å². The summed E-state index contributed by atoms with van der Waals surface area (Å²) in [6, 6.07) is 0. The molecule has 0 spiro atoms. The fraction of sp³-hybridized carbons (Fsp3) is 0.643. The van der Waals surface area contributed by atoms with Gasteiger partial charge in [-0.25, -0.2) is 0 Å². The van der Waals surface area contributed by atoms with Gasteiger partial charge in [-0.3, -0.25) is 4.99 Å². The van der Waals surface area contributed by atoms with Crippen molar-refractivity contribution in [2.75, 3.05) is 0 Å². The molecule has 0 aliphatic heterocycles. The van der Waals surface area contributed by atoms with Crippen molar-refractivity contribution < 1.29 is 0 Å². The Morgan fingerprint density at radius 3 is 2.53 bits per heavy atom. The summed E-state index contributed by atoms with van der Waals surface area (Å²) >= 11 is 0. The van der Waals surface area contributed by atoms with Crippen molar-refractivity contribution in [3.63, 3.8) is 0 Å². The second kappa shape index (κ2) is 5.89. The molecular formula is C14H23N. The molecule has 0 bridgehead atoms. The molecule has 0 aromatic heterocycles. The van der Waals surface area contributed by atoms with Gasteiger partial charge in [0.05, 0.1) is 0 Å². The van der Waals surface area contributed by atoms with Crippen molar-refractivity contribution in [3.8, 4) is 0 Å². The molecule has 0 amide bonds. The van der Waals surface area contributed by atoms with Crippen LogP contribution in [0.4, 0.5) is 0 Å². The fourth-order valence-electron chi connectivity index (χ4n) is 2.06. The Morgan fingerprint density at radius 1 is 1.33 bits per heavy atom. The molecule has 1 saturated carbocycles.